The molecule has 0 unspecified atom stereocenters. The molecule has 2 heterocycles. The van der Waals surface area contributed by atoms with Crippen molar-refractivity contribution in [2.45, 2.75) is 0 Å². The zero-order valence-corrected chi connectivity index (χ0v) is 29.3. The predicted molar refractivity (Wildman–Crippen MR) is 225 cm³/mol. The second-order valence-electron chi connectivity index (χ2n) is 13.5. The summed E-state index contributed by atoms with van der Waals surface area (Å²) in [6.07, 6.45) is 0. The molecule has 0 N–H and O–H groups in total. The van der Waals surface area contributed by atoms with Crippen molar-refractivity contribution in [3.8, 4) is 22.6 Å². The molecule has 0 fully saturated rings. The Hall–Kier alpha value is -6.75. The fourth-order valence-corrected chi connectivity index (χ4v) is 8.85. The molecule has 0 atom stereocenters. The van der Waals surface area contributed by atoms with Gasteiger partial charge in [-0.2, -0.15) is 0 Å². The van der Waals surface area contributed by atoms with Crippen LogP contribution in [0.1, 0.15) is 1.37 Å². The van der Waals surface area contributed by atoms with Crippen molar-refractivity contribution in [3.05, 3.63) is 182 Å². The van der Waals surface area contributed by atoms with Crippen molar-refractivity contribution < 1.29 is 5.79 Å². The van der Waals surface area contributed by atoms with Crippen LogP contribution >= 0.6 is 11.3 Å². The average Bonchev–Trinajstić information content (AvgIpc) is 3.83. The van der Waals surface area contributed by atoms with Gasteiger partial charge in [-0.05, 0) is 122 Å². The van der Waals surface area contributed by atoms with Crippen LogP contribution in [0, 0.1) is 0 Å². The molecule has 3 nitrogen and oxygen atoms in total. The monoisotopic (exact) mass is 695 g/mol. The lowest BCUT2D eigenvalue weighted by atomic mass is 9.96. The largest absolute Gasteiger partial charge is 0.436 e. The number of rotatable bonds is 5. The van der Waals surface area contributed by atoms with Crippen molar-refractivity contribution >= 4 is 92.0 Å². The average molecular weight is 696 g/mol. The van der Waals surface area contributed by atoms with Gasteiger partial charge in [0, 0.05) is 42.8 Å². The molecular weight excluding hydrogens is 665 g/mol. The number of benzene rings is 9. The van der Waals surface area contributed by atoms with Crippen LogP contribution in [0.2, 0.25) is 0 Å². The standard InChI is InChI=1S/C49H30N2OS/c1-2-8-41-31(7-1)13-16-37-28-35(20-25-42(37)41)33-14-15-36-29-39(23-19-34(36)27-33)51(40-24-26-44-43-9-3-6-12-47(43)53-48(44)30-40)38-21-17-32(18-22-38)49-50-45-10-4-5-11-46(45)52-49/h1-30H/i15D. The maximum atomic E-state index is 9.28. The summed E-state index contributed by atoms with van der Waals surface area (Å²) in [7, 11) is 0. The first-order valence-electron chi connectivity index (χ1n) is 18.3. The fourth-order valence-electron chi connectivity index (χ4n) is 7.71. The van der Waals surface area contributed by atoms with Crippen LogP contribution in [0.5, 0.6) is 0 Å². The molecule has 11 aromatic rings. The van der Waals surface area contributed by atoms with E-state index in [4.69, 9.17) is 9.40 Å². The third-order valence-corrected chi connectivity index (χ3v) is 11.5. The molecule has 11 rings (SSSR count). The highest BCUT2D eigenvalue weighted by atomic mass is 32.1. The Balaban J connectivity index is 1.02. The number of hydrogen-bond acceptors (Lipinski definition) is 4. The van der Waals surface area contributed by atoms with Crippen molar-refractivity contribution in [2.24, 2.45) is 0 Å². The molecule has 0 amide bonds. The molecule has 0 bridgehead atoms. The van der Waals surface area contributed by atoms with Gasteiger partial charge in [0.1, 0.15) is 5.52 Å². The van der Waals surface area contributed by atoms with Crippen LogP contribution < -0.4 is 4.90 Å². The number of thiophene rings is 1. The molecule has 0 aliphatic carbocycles. The van der Waals surface area contributed by atoms with Crippen LogP contribution in [0.25, 0.3) is 86.2 Å². The molecule has 0 aliphatic heterocycles. The van der Waals surface area contributed by atoms with E-state index in [0.29, 0.717) is 11.9 Å². The number of oxazole rings is 1. The molecule has 2 aromatic heterocycles. The summed E-state index contributed by atoms with van der Waals surface area (Å²) < 4.78 is 17.9. The summed E-state index contributed by atoms with van der Waals surface area (Å²) >= 11 is 1.81. The van der Waals surface area contributed by atoms with E-state index in [-0.39, 0.29) is 0 Å². The lowest BCUT2D eigenvalue weighted by Gasteiger charge is -2.26. The van der Waals surface area contributed by atoms with Crippen molar-refractivity contribution in [2.75, 3.05) is 4.90 Å². The van der Waals surface area contributed by atoms with E-state index < -0.39 is 0 Å². The summed E-state index contributed by atoms with van der Waals surface area (Å²) in [5.74, 6) is 0.598. The predicted octanol–water partition coefficient (Wildman–Crippen LogP) is 14.5. The van der Waals surface area contributed by atoms with E-state index in [1.54, 1.807) is 0 Å². The maximum Gasteiger partial charge on any atom is 0.227 e. The molecular formula is C49H30N2OS. The second kappa shape index (κ2) is 11.9. The van der Waals surface area contributed by atoms with Gasteiger partial charge in [-0.3, -0.25) is 0 Å². The molecule has 4 heteroatoms. The Morgan fingerprint density at radius 2 is 1.09 bits per heavy atom. The van der Waals surface area contributed by atoms with Gasteiger partial charge in [0.2, 0.25) is 5.89 Å². The van der Waals surface area contributed by atoms with Crippen molar-refractivity contribution in [3.63, 3.8) is 0 Å². The number of hydrogen-bond donors (Lipinski definition) is 0. The highest BCUT2D eigenvalue weighted by Gasteiger charge is 2.17. The lowest BCUT2D eigenvalue weighted by molar-refractivity contribution is 0.620. The van der Waals surface area contributed by atoms with Gasteiger partial charge in [0.25, 0.3) is 0 Å². The lowest BCUT2D eigenvalue weighted by Crippen LogP contribution is -2.09. The SMILES string of the molecule is [2H]c1cc(-c2ccc3c(ccc4ccccc43)c2)cc2ccc(N(c3ccc(-c4nc5ccccc5o4)cc3)c3ccc4c(c3)sc3ccccc34)cc12. The van der Waals surface area contributed by atoms with Crippen molar-refractivity contribution in [1.82, 2.24) is 4.98 Å². The third-order valence-electron chi connectivity index (χ3n) is 10.4. The smallest absolute Gasteiger partial charge is 0.227 e. The minimum absolute atomic E-state index is 0.495. The summed E-state index contributed by atoms with van der Waals surface area (Å²) in [5, 5.41) is 9.40. The quantitative estimate of drug-likeness (QED) is 0.168. The third kappa shape index (κ3) is 5.07. The first-order chi connectivity index (χ1) is 26.6. The Morgan fingerprint density at radius 3 is 2.02 bits per heavy atom. The van der Waals surface area contributed by atoms with E-state index in [9.17, 15) is 1.37 Å². The Labute approximate surface area is 311 Å². The van der Waals surface area contributed by atoms with E-state index >= 15 is 0 Å². The topological polar surface area (TPSA) is 29.3 Å². The van der Waals surface area contributed by atoms with Gasteiger partial charge in [-0.15, -0.1) is 11.3 Å². The summed E-state index contributed by atoms with van der Waals surface area (Å²) in [4.78, 5) is 7.01. The van der Waals surface area contributed by atoms with Gasteiger partial charge < -0.3 is 9.32 Å². The van der Waals surface area contributed by atoms with Gasteiger partial charge in [0.15, 0.2) is 5.58 Å². The molecule has 0 saturated carbocycles. The zero-order valence-electron chi connectivity index (χ0n) is 29.5. The molecule has 0 spiro atoms. The molecule has 248 valence electrons. The number of anilines is 3. The van der Waals surface area contributed by atoms with E-state index in [0.717, 1.165) is 55.6 Å². The van der Waals surface area contributed by atoms with Crippen LogP contribution in [-0.2, 0) is 0 Å². The Morgan fingerprint density at radius 1 is 0.453 bits per heavy atom. The minimum Gasteiger partial charge on any atom is -0.436 e. The van der Waals surface area contributed by atoms with E-state index in [2.05, 4.69) is 150 Å². The van der Waals surface area contributed by atoms with Crippen LogP contribution in [0.3, 0.4) is 0 Å². The van der Waals surface area contributed by atoms with Crippen LogP contribution in [0.15, 0.2) is 186 Å². The highest BCUT2D eigenvalue weighted by Crippen LogP contribution is 2.42. The maximum absolute atomic E-state index is 9.28. The Bertz CT molecular complexity index is 3220. The molecule has 0 saturated heterocycles. The molecule has 53 heavy (non-hydrogen) atoms. The molecule has 0 aliphatic rings. The van der Waals surface area contributed by atoms with Crippen molar-refractivity contribution in [1.29, 1.82) is 0 Å². The summed E-state index contributed by atoms with van der Waals surface area (Å²) in [6.45, 7) is 0. The van der Waals surface area contributed by atoms with Gasteiger partial charge in [0.05, 0.1) is 1.37 Å². The Kier molecular flexibility index (Phi) is 6.49. The molecule has 9 aromatic carbocycles. The first kappa shape index (κ1) is 28.9. The van der Waals surface area contributed by atoms with Gasteiger partial charge in [-0.1, -0.05) is 103 Å². The zero-order chi connectivity index (χ0) is 35.8. The van der Waals surface area contributed by atoms with Crippen LogP contribution in [0.4, 0.5) is 17.1 Å². The van der Waals surface area contributed by atoms with E-state index in [1.165, 1.54) is 41.7 Å². The normalized spacial score (nSPS) is 12.0. The molecule has 0 radical (unpaired) electrons. The highest BCUT2D eigenvalue weighted by molar-refractivity contribution is 7.25. The number of para-hydroxylation sites is 2. The van der Waals surface area contributed by atoms with Gasteiger partial charge >= 0.3 is 0 Å². The summed E-state index contributed by atoms with van der Waals surface area (Å²) in [5.41, 5.74) is 7.71. The first-order valence-corrected chi connectivity index (χ1v) is 18.6. The second-order valence-corrected chi connectivity index (χ2v) is 14.6. The minimum atomic E-state index is 0.495. The van der Waals surface area contributed by atoms with E-state index in [1.807, 2.05) is 41.7 Å². The number of nitrogens with zero attached hydrogens (tertiary/aromatic N) is 2. The number of aromatic nitrogens is 1. The summed E-state index contributed by atoms with van der Waals surface area (Å²) in [6, 6.07) is 62.3. The number of fused-ring (bicyclic) bond motifs is 8. The van der Waals surface area contributed by atoms with Crippen LogP contribution in [-0.4, -0.2) is 4.98 Å². The fraction of sp³-hybridized carbons (Fsp3) is 0. The van der Waals surface area contributed by atoms with Gasteiger partial charge in [-0.25, -0.2) is 4.98 Å².